The summed E-state index contributed by atoms with van der Waals surface area (Å²) in [6.07, 6.45) is 20.4. The highest BCUT2D eigenvalue weighted by molar-refractivity contribution is 7.99. The van der Waals surface area contributed by atoms with Gasteiger partial charge in [0.1, 0.15) is 13.2 Å². The summed E-state index contributed by atoms with van der Waals surface area (Å²) in [6.45, 7) is 7.84. The molecule has 0 rings (SSSR count). The van der Waals surface area contributed by atoms with Crippen molar-refractivity contribution in [2.75, 3.05) is 19.0 Å². The summed E-state index contributed by atoms with van der Waals surface area (Å²) in [4.78, 5) is 11.7. The summed E-state index contributed by atoms with van der Waals surface area (Å²) >= 11 is 1.90. The van der Waals surface area contributed by atoms with Crippen LogP contribution in [0, 0.1) is 0 Å². The van der Waals surface area contributed by atoms with E-state index in [1.54, 1.807) is 0 Å². The van der Waals surface area contributed by atoms with Crippen LogP contribution in [0.2, 0.25) is 0 Å². The van der Waals surface area contributed by atoms with Gasteiger partial charge in [-0.25, -0.2) is 4.79 Å². The second-order valence-corrected chi connectivity index (χ2v) is 12.9. The molecule has 0 aromatic carbocycles. The van der Waals surface area contributed by atoms with Gasteiger partial charge in [-0.2, -0.15) is 11.8 Å². The van der Waals surface area contributed by atoms with Crippen LogP contribution < -0.4 is 0 Å². The number of carboxylic acids is 1. The Kier molecular flexibility index (Phi) is 23.8. The standard InChI is InChI=1S/C28H55O6PS/c1-5-8-10-12-14-15-16-18-20-23-36-26(21-19-17-13-11-9-6-2)25(4)33-24-28(31,27(29)30)35(32)34-22-7-3/h25-26,31H,5-24H2,1-4H3/p+1. The van der Waals surface area contributed by atoms with Crippen molar-refractivity contribution in [3.05, 3.63) is 0 Å². The lowest BCUT2D eigenvalue weighted by Crippen LogP contribution is -2.42. The van der Waals surface area contributed by atoms with E-state index in [0.29, 0.717) is 6.42 Å². The molecule has 0 spiro atoms. The number of unbranched alkanes of at least 4 members (excludes halogenated alkanes) is 13. The lowest BCUT2D eigenvalue weighted by atomic mass is 10.1. The van der Waals surface area contributed by atoms with Gasteiger partial charge >= 0.3 is 19.3 Å². The molecule has 0 aliphatic rings. The van der Waals surface area contributed by atoms with E-state index >= 15 is 0 Å². The molecule has 0 aromatic rings. The molecule has 4 unspecified atom stereocenters. The lowest BCUT2D eigenvalue weighted by Gasteiger charge is -2.25. The molecular formula is C28H56O6PS+. The molecule has 0 aliphatic heterocycles. The Balaban J connectivity index is 4.64. The van der Waals surface area contributed by atoms with Crippen molar-refractivity contribution >= 4 is 25.8 Å². The third kappa shape index (κ3) is 17.3. The molecule has 2 N–H and O–H groups in total. The first-order valence-corrected chi connectivity index (χ1v) is 16.8. The van der Waals surface area contributed by atoms with Crippen molar-refractivity contribution in [2.45, 2.75) is 154 Å². The van der Waals surface area contributed by atoms with Crippen molar-refractivity contribution in [3.63, 3.8) is 0 Å². The van der Waals surface area contributed by atoms with E-state index in [2.05, 4.69) is 13.8 Å². The minimum Gasteiger partial charge on any atom is -0.476 e. The summed E-state index contributed by atoms with van der Waals surface area (Å²) in [6, 6.07) is 0. The molecule has 6 nitrogen and oxygen atoms in total. The zero-order valence-electron chi connectivity index (χ0n) is 23.7. The fourth-order valence-corrected chi connectivity index (χ4v) is 6.31. The number of aliphatic hydroxyl groups is 1. The normalized spacial score (nSPS) is 15.4. The first kappa shape index (κ1) is 35.8. The van der Waals surface area contributed by atoms with Crippen LogP contribution >= 0.6 is 19.8 Å². The Morgan fingerprint density at radius 3 is 1.83 bits per heavy atom. The van der Waals surface area contributed by atoms with Gasteiger partial charge in [-0.15, -0.1) is 4.52 Å². The monoisotopic (exact) mass is 551 g/mol. The minimum atomic E-state index is -2.79. The van der Waals surface area contributed by atoms with E-state index in [4.69, 9.17) is 9.26 Å². The van der Waals surface area contributed by atoms with Crippen molar-refractivity contribution in [1.29, 1.82) is 0 Å². The molecule has 8 heteroatoms. The molecule has 0 amide bonds. The van der Waals surface area contributed by atoms with Crippen LogP contribution in [0.5, 0.6) is 0 Å². The number of carboxylic acid groups (broad SMARTS) is 1. The zero-order valence-corrected chi connectivity index (χ0v) is 25.4. The first-order valence-electron chi connectivity index (χ1n) is 14.6. The van der Waals surface area contributed by atoms with Crippen molar-refractivity contribution in [3.8, 4) is 0 Å². The maximum Gasteiger partial charge on any atom is 0.558 e. The van der Waals surface area contributed by atoms with E-state index in [9.17, 15) is 19.6 Å². The first-order chi connectivity index (χ1) is 17.3. The Labute approximate surface area is 226 Å². The number of hydrogen-bond donors (Lipinski definition) is 2. The van der Waals surface area contributed by atoms with Crippen LogP contribution in [0.15, 0.2) is 0 Å². The molecule has 0 aromatic heterocycles. The van der Waals surface area contributed by atoms with E-state index in [-0.39, 0.29) is 18.0 Å². The molecule has 0 heterocycles. The molecule has 0 saturated carbocycles. The molecule has 0 radical (unpaired) electrons. The molecular weight excluding hydrogens is 495 g/mol. The van der Waals surface area contributed by atoms with Crippen LogP contribution in [0.4, 0.5) is 0 Å². The van der Waals surface area contributed by atoms with Gasteiger partial charge in [0.05, 0.1) is 6.10 Å². The molecule has 214 valence electrons. The Morgan fingerprint density at radius 2 is 1.33 bits per heavy atom. The van der Waals surface area contributed by atoms with E-state index in [0.717, 1.165) is 18.6 Å². The zero-order chi connectivity index (χ0) is 27.1. The number of ether oxygens (including phenoxy) is 1. The van der Waals surface area contributed by atoms with Crippen LogP contribution in [-0.4, -0.2) is 51.8 Å². The maximum absolute atomic E-state index is 12.3. The fraction of sp³-hybridized carbons (Fsp3) is 0.964. The van der Waals surface area contributed by atoms with E-state index < -0.39 is 25.9 Å². The van der Waals surface area contributed by atoms with Crippen molar-refractivity contribution in [2.24, 2.45) is 0 Å². The molecule has 36 heavy (non-hydrogen) atoms. The van der Waals surface area contributed by atoms with Gasteiger partial charge < -0.3 is 14.9 Å². The van der Waals surface area contributed by atoms with Gasteiger partial charge in [0, 0.05) is 5.25 Å². The third-order valence-corrected chi connectivity index (χ3v) is 9.46. The largest absolute Gasteiger partial charge is 0.558 e. The Morgan fingerprint density at radius 1 is 0.833 bits per heavy atom. The smallest absolute Gasteiger partial charge is 0.476 e. The fourth-order valence-electron chi connectivity index (χ4n) is 4.06. The van der Waals surface area contributed by atoms with Crippen LogP contribution in [0.1, 0.15) is 137 Å². The summed E-state index contributed by atoms with van der Waals surface area (Å²) < 4.78 is 23.2. The van der Waals surface area contributed by atoms with E-state index in [1.807, 2.05) is 25.6 Å². The summed E-state index contributed by atoms with van der Waals surface area (Å²) in [5.41, 5.74) is 0. The highest BCUT2D eigenvalue weighted by Crippen LogP contribution is 2.39. The number of rotatable bonds is 27. The van der Waals surface area contributed by atoms with Gasteiger partial charge in [-0.1, -0.05) is 111 Å². The predicted octanol–water partition coefficient (Wildman–Crippen LogP) is 8.72. The molecule has 0 fully saturated rings. The summed E-state index contributed by atoms with van der Waals surface area (Å²) in [5, 5.41) is 17.7. The van der Waals surface area contributed by atoms with Gasteiger partial charge in [-0.05, 0) is 36.5 Å². The van der Waals surface area contributed by atoms with Gasteiger partial charge in [0.2, 0.25) is 0 Å². The number of thioether (sulfide) groups is 1. The number of hydrogen-bond acceptors (Lipinski definition) is 6. The van der Waals surface area contributed by atoms with Crippen LogP contribution in [-0.2, 0) is 18.6 Å². The van der Waals surface area contributed by atoms with Gasteiger partial charge in [0.15, 0.2) is 0 Å². The van der Waals surface area contributed by atoms with Gasteiger partial charge in [0.25, 0.3) is 0 Å². The van der Waals surface area contributed by atoms with Crippen molar-refractivity contribution < 1.29 is 28.8 Å². The summed E-state index contributed by atoms with van der Waals surface area (Å²) in [7, 11) is -2.79. The highest BCUT2D eigenvalue weighted by Gasteiger charge is 2.58. The SMILES string of the molecule is CCCCCCCCCCCSC(CCCCCCCC)C(C)OCC(O)(C(=O)O)[P+](=O)OCCC. The highest BCUT2D eigenvalue weighted by atomic mass is 32.2. The second-order valence-electron chi connectivity index (χ2n) is 10.0. The number of carbonyl (C=O) groups is 1. The van der Waals surface area contributed by atoms with Crippen molar-refractivity contribution in [1.82, 2.24) is 0 Å². The molecule has 0 saturated heterocycles. The minimum absolute atomic E-state index is 0.135. The quantitative estimate of drug-likeness (QED) is 0.0779. The molecule has 4 atom stereocenters. The summed E-state index contributed by atoms with van der Waals surface area (Å²) in [5.74, 6) is -0.511. The van der Waals surface area contributed by atoms with Crippen LogP contribution in [0.3, 0.4) is 0 Å². The Hall–Kier alpha value is -0.200. The maximum atomic E-state index is 12.3. The second kappa shape index (κ2) is 23.9. The third-order valence-electron chi connectivity index (χ3n) is 6.55. The number of aliphatic carboxylic acids is 1. The molecule has 0 bridgehead atoms. The average molecular weight is 552 g/mol. The lowest BCUT2D eigenvalue weighted by molar-refractivity contribution is -0.156. The van der Waals surface area contributed by atoms with Gasteiger partial charge in [-0.3, -0.25) is 0 Å². The molecule has 0 aliphatic carbocycles. The predicted molar refractivity (Wildman–Crippen MR) is 153 cm³/mol. The average Bonchev–Trinajstić information content (AvgIpc) is 2.87. The topological polar surface area (TPSA) is 93.1 Å². The Bertz CT molecular complexity index is 550. The van der Waals surface area contributed by atoms with Crippen LogP contribution in [0.25, 0.3) is 0 Å². The van der Waals surface area contributed by atoms with E-state index in [1.165, 1.54) is 89.9 Å².